The summed E-state index contributed by atoms with van der Waals surface area (Å²) in [5.74, 6) is -4.56. The maximum Gasteiger partial charge on any atom is 0.326 e. The fourth-order valence-electron chi connectivity index (χ4n) is 4.10. The van der Waals surface area contributed by atoms with Crippen LogP contribution in [0.3, 0.4) is 0 Å². The summed E-state index contributed by atoms with van der Waals surface area (Å²) in [6.45, 7) is 3.49. The molecule has 0 fully saturated rings. The van der Waals surface area contributed by atoms with E-state index >= 15 is 0 Å². The van der Waals surface area contributed by atoms with Gasteiger partial charge in [-0.05, 0) is 54.2 Å². The van der Waals surface area contributed by atoms with Gasteiger partial charge < -0.3 is 42.7 Å². The predicted octanol–water partition coefficient (Wildman–Crippen LogP) is 0.0609. The van der Waals surface area contributed by atoms with E-state index in [2.05, 4.69) is 16.0 Å². The quantitative estimate of drug-likeness (QED) is 0.133. The van der Waals surface area contributed by atoms with Gasteiger partial charge in [-0.2, -0.15) is 0 Å². The lowest BCUT2D eigenvalue weighted by atomic mass is 9.96. The second-order valence-corrected chi connectivity index (χ2v) is 10.2. The predicted molar refractivity (Wildman–Crippen MR) is 153 cm³/mol. The Kier molecular flexibility index (Phi) is 12.8. The summed E-state index contributed by atoms with van der Waals surface area (Å²) < 4.78 is 0. The number of carboxylic acids is 1. The molecule has 13 nitrogen and oxygen atoms in total. The van der Waals surface area contributed by atoms with Gasteiger partial charge in [0.05, 0.1) is 6.04 Å². The number of carboxylic acid groups (broad SMARTS) is 1. The van der Waals surface area contributed by atoms with E-state index in [-0.39, 0.29) is 37.2 Å². The fraction of sp³-hybridized carbons (Fsp3) is 0.414. The second kappa shape index (κ2) is 16.0. The first-order valence-corrected chi connectivity index (χ1v) is 13.5. The molecule has 0 saturated carbocycles. The first-order chi connectivity index (χ1) is 19.8. The smallest absolute Gasteiger partial charge is 0.326 e. The number of carbonyl (C=O) groups is 5. The fourth-order valence-corrected chi connectivity index (χ4v) is 4.10. The third kappa shape index (κ3) is 10.7. The molecule has 5 unspecified atom stereocenters. The third-order valence-electron chi connectivity index (χ3n) is 6.83. The molecule has 42 heavy (non-hydrogen) atoms. The Labute approximate surface area is 243 Å². The van der Waals surface area contributed by atoms with Gasteiger partial charge in [-0.3, -0.25) is 19.2 Å². The van der Waals surface area contributed by atoms with Gasteiger partial charge in [0, 0.05) is 12.8 Å². The van der Waals surface area contributed by atoms with Crippen LogP contribution in [0.15, 0.2) is 48.5 Å². The molecule has 0 radical (unpaired) electrons. The number of carbonyl (C=O) groups excluding carboxylic acids is 4. The number of benzene rings is 2. The summed E-state index contributed by atoms with van der Waals surface area (Å²) in [5, 5.41) is 36.2. The maximum absolute atomic E-state index is 13.3. The number of hydrogen-bond acceptors (Lipinski definition) is 8. The molecule has 5 atom stereocenters. The van der Waals surface area contributed by atoms with Crippen LogP contribution in [0.2, 0.25) is 0 Å². The lowest BCUT2D eigenvalue weighted by Crippen LogP contribution is -2.59. The zero-order chi connectivity index (χ0) is 31.4. The molecule has 0 aliphatic heterocycles. The number of phenolic OH excluding ortho intramolecular Hbond substituents is 2. The molecular formula is C29H39N5O8. The number of nitrogens with two attached hydrogens (primary N) is 2. The van der Waals surface area contributed by atoms with Crippen LogP contribution in [-0.4, -0.2) is 69.1 Å². The minimum Gasteiger partial charge on any atom is -0.508 e. The molecular weight excluding hydrogens is 546 g/mol. The molecule has 0 aliphatic carbocycles. The van der Waals surface area contributed by atoms with Crippen molar-refractivity contribution in [2.75, 3.05) is 0 Å². The maximum atomic E-state index is 13.3. The zero-order valence-corrected chi connectivity index (χ0v) is 23.6. The van der Waals surface area contributed by atoms with E-state index in [0.29, 0.717) is 17.5 Å². The Bertz CT molecular complexity index is 1240. The molecule has 2 aromatic rings. The van der Waals surface area contributed by atoms with Gasteiger partial charge in [0.1, 0.15) is 29.6 Å². The van der Waals surface area contributed by atoms with Crippen LogP contribution in [0.5, 0.6) is 11.5 Å². The number of phenols is 2. The van der Waals surface area contributed by atoms with Gasteiger partial charge in [0.15, 0.2) is 0 Å². The van der Waals surface area contributed by atoms with Crippen molar-refractivity contribution < 1.29 is 39.3 Å². The van der Waals surface area contributed by atoms with Crippen LogP contribution >= 0.6 is 0 Å². The second-order valence-electron chi connectivity index (χ2n) is 10.2. The molecule has 2 aromatic carbocycles. The van der Waals surface area contributed by atoms with Crippen molar-refractivity contribution in [3.05, 3.63) is 59.7 Å². The third-order valence-corrected chi connectivity index (χ3v) is 6.83. The highest BCUT2D eigenvalue weighted by atomic mass is 16.4. The van der Waals surface area contributed by atoms with Crippen LogP contribution in [0.1, 0.15) is 44.2 Å². The summed E-state index contributed by atoms with van der Waals surface area (Å²) in [6.07, 6.45) is 0.0835. The Balaban J connectivity index is 2.16. The summed E-state index contributed by atoms with van der Waals surface area (Å²) >= 11 is 0. The highest BCUT2D eigenvalue weighted by Crippen LogP contribution is 2.14. The number of primary amides is 1. The number of amides is 4. The van der Waals surface area contributed by atoms with Crippen molar-refractivity contribution in [2.45, 2.75) is 70.1 Å². The van der Waals surface area contributed by atoms with E-state index in [0.717, 1.165) is 0 Å². The van der Waals surface area contributed by atoms with E-state index in [4.69, 9.17) is 11.5 Å². The summed E-state index contributed by atoms with van der Waals surface area (Å²) in [6, 6.07) is 7.13. The summed E-state index contributed by atoms with van der Waals surface area (Å²) in [7, 11) is 0. The minimum atomic E-state index is -1.33. The van der Waals surface area contributed by atoms with Gasteiger partial charge in [0.2, 0.25) is 23.6 Å². The number of nitrogens with one attached hydrogen (secondary N) is 3. The molecule has 0 spiro atoms. The van der Waals surface area contributed by atoms with Crippen molar-refractivity contribution in [1.82, 2.24) is 16.0 Å². The molecule has 0 aromatic heterocycles. The highest BCUT2D eigenvalue weighted by Gasteiger charge is 2.33. The standard InChI is InChI=1S/C29H39N5O8/c1-3-16(2)25(28(40)33-23(29(41)42)15-18-6-10-20(36)11-7-18)34-27(39)22(12-13-24(31)37)32-26(38)21(30)14-17-4-8-19(35)9-5-17/h4-11,16,21-23,25,35-36H,3,12-15,30H2,1-2H3,(H2,31,37)(H,32,38)(H,33,40)(H,34,39)(H,41,42). The van der Waals surface area contributed by atoms with Gasteiger partial charge in [-0.15, -0.1) is 0 Å². The molecule has 0 aliphatic rings. The number of aliphatic carboxylic acids is 1. The van der Waals surface area contributed by atoms with Crippen molar-refractivity contribution >= 4 is 29.6 Å². The van der Waals surface area contributed by atoms with Gasteiger partial charge in [-0.25, -0.2) is 4.79 Å². The normalized spacial score (nSPS) is 14.5. The average Bonchev–Trinajstić information content (AvgIpc) is 2.94. The topological polar surface area (TPSA) is 234 Å². The van der Waals surface area contributed by atoms with E-state index in [1.165, 1.54) is 36.4 Å². The summed E-state index contributed by atoms with van der Waals surface area (Å²) in [4.78, 5) is 62.8. The lowest BCUT2D eigenvalue weighted by molar-refractivity contribution is -0.142. The van der Waals surface area contributed by atoms with Gasteiger partial charge in [0.25, 0.3) is 0 Å². The van der Waals surface area contributed by atoms with Crippen LogP contribution in [0.4, 0.5) is 0 Å². The van der Waals surface area contributed by atoms with Crippen molar-refractivity contribution in [3.8, 4) is 11.5 Å². The van der Waals surface area contributed by atoms with Gasteiger partial charge >= 0.3 is 5.97 Å². The molecule has 4 amide bonds. The SMILES string of the molecule is CCC(C)C(NC(=O)C(CCC(N)=O)NC(=O)C(N)Cc1ccc(O)cc1)C(=O)NC(Cc1ccc(O)cc1)C(=O)O. The minimum absolute atomic E-state index is 0.00787. The van der Waals surface area contributed by atoms with Crippen LogP contribution in [-0.2, 0) is 36.8 Å². The molecule has 0 saturated heterocycles. The number of aromatic hydroxyl groups is 2. The van der Waals surface area contributed by atoms with Crippen LogP contribution < -0.4 is 27.4 Å². The zero-order valence-electron chi connectivity index (χ0n) is 23.6. The average molecular weight is 586 g/mol. The number of rotatable bonds is 16. The Hall–Kier alpha value is -4.65. The Morgan fingerprint density at radius 3 is 1.74 bits per heavy atom. The largest absolute Gasteiger partial charge is 0.508 e. The van der Waals surface area contributed by atoms with E-state index in [1.54, 1.807) is 26.0 Å². The Morgan fingerprint density at radius 2 is 1.26 bits per heavy atom. The van der Waals surface area contributed by atoms with Crippen LogP contribution in [0.25, 0.3) is 0 Å². The monoisotopic (exact) mass is 585 g/mol. The highest BCUT2D eigenvalue weighted by molar-refractivity contribution is 5.94. The van der Waals surface area contributed by atoms with Gasteiger partial charge in [-0.1, -0.05) is 44.5 Å². The molecule has 0 heterocycles. The van der Waals surface area contributed by atoms with E-state index in [9.17, 15) is 39.3 Å². The van der Waals surface area contributed by atoms with E-state index < -0.39 is 59.7 Å². The van der Waals surface area contributed by atoms with Crippen molar-refractivity contribution in [2.24, 2.45) is 17.4 Å². The van der Waals surface area contributed by atoms with Crippen molar-refractivity contribution in [1.29, 1.82) is 0 Å². The molecule has 13 heteroatoms. The molecule has 10 N–H and O–H groups in total. The molecule has 0 bridgehead atoms. The number of hydrogen-bond donors (Lipinski definition) is 8. The Morgan fingerprint density at radius 1 is 0.762 bits per heavy atom. The summed E-state index contributed by atoms with van der Waals surface area (Å²) in [5.41, 5.74) is 12.5. The molecule has 228 valence electrons. The lowest BCUT2D eigenvalue weighted by Gasteiger charge is -2.28. The first-order valence-electron chi connectivity index (χ1n) is 13.5. The molecule has 2 rings (SSSR count). The van der Waals surface area contributed by atoms with E-state index in [1.807, 2.05) is 0 Å². The van der Waals surface area contributed by atoms with Crippen LogP contribution in [0, 0.1) is 5.92 Å². The first kappa shape index (κ1) is 33.6. The van der Waals surface area contributed by atoms with Crippen molar-refractivity contribution in [3.63, 3.8) is 0 Å².